The van der Waals surface area contributed by atoms with Crippen LogP contribution in [0.25, 0.3) is 22.6 Å². The average molecular weight is 1970 g/mol. The van der Waals surface area contributed by atoms with Crippen molar-refractivity contribution in [1.82, 2.24) is 98.9 Å². The van der Waals surface area contributed by atoms with Crippen molar-refractivity contribution in [2.24, 2.45) is 11.8 Å². The number of rotatable bonds is 17. The second-order valence-corrected chi connectivity index (χ2v) is 43.2. The largest absolute Gasteiger partial charge is 0.358 e. The van der Waals surface area contributed by atoms with Crippen molar-refractivity contribution < 1.29 is 49.6 Å². The van der Waals surface area contributed by atoms with Gasteiger partial charge in [0.15, 0.2) is 22.6 Å². The van der Waals surface area contributed by atoms with Gasteiger partial charge in [0, 0.05) is 181 Å². The minimum atomic E-state index is -3.56. The number of sulfonamides is 2. The molecule has 3 aromatic carbocycles. The summed E-state index contributed by atoms with van der Waals surface area (Å²) in [5.41, 5.74) is 14.5. The number of amides is 5. The highest BCUT2D eigenvalue weighted by Gasteiger charge is 2.40. The number of nitrogens with one attached hydrogen (secondary N) is 5. The van der Waals surface area contributed by atoms with E-state index in [9.17, 15) is 49.6 Å². The van der Waals surface area contributed by atoms with Crippen LogP contribution in [0.4, 0.5) is 43.4 Å². The van der Waals surface area contributed by atoms with E-state index >= 15 is 0 Å². The maximum atomic E-state index is 14.1. The SMILES string of the molecule is CNC(=O)[C@H]1CN(c2nc3cc([C@@H]4CCCCN4C(=O)c4cc(C)ccc4NS(C)(=O)=O)nn3cc2C)CCN1.Cc1ccc(NS(C)(=O)=O)c(C(=O)N2CCCC[C@H]2c2cc3nc(N4C[C@H](C)NC[C@H]4C)c(C)cn3n2)c1.Cc1cn2nc([C@@H]3CCCCN3C(=O)c3ccc(F)cn3)cc2nc1N1CC[C@H](C)C1.Cc1cn2nc([C@@H]3CCCCN3C(=O)c3cccc(F)c3C)cc2nc1N1CC[C@H](C)C1. The zero-order valence-corrected chi connectivity index (χ0v) is 84.6. The molecule has 8 aliphatic rings. The molecular formula is C102H130F2N26O9S2. The molecule has 0 radical (unpaired) electrons. The van der Waals surface area contributed by atoms with E-state index in [-0.39, 0.29) is 76.9 Å². The van der Waals surface area contributed by atoms with E-state index in [0.717, 1.165) is 238 Å². The third-order valence-corrected chi connectivity index (χ3v) is 29.5. The van der Waals surface area contributed by atoms with Gasteiger partial charge in [0.2, 0.25) is 26.0 Å². The summed E-state index contributed by atoms with van der Waals surface area (Å²) in [6.45, 7) is 32.8. The van der Waals surface area contributed by atoms with Crippen LogP contribution in [-0.4, -0.2) is 252 Å². The summed E-state index contributed by atoms with van der Waals surface area (Å²) in [6.07, 6.45) is 24.5. The number of nitrogens with zero attached hydrogens (tertiary/aromatic N) is 21. The Balaban J connectivity index is 0.000000130. The van der Waals surface area contributed by atoms with E-state index in [1.807, 2.05) is 98.1 Å². The lowest BCUT2D eigenvalue weighted by molar-refractivity contribution is -0.122. The van der Waals surface area contributed by atoms with E-state index in [1.165, 1.54) is 31.0 Å². The number of anilines is 6. The lowest BCUT2D eigenvalue weighted by Gasteiger charge is -2.39. The summed E-state index contributed by atoms with van der Waals surface area (Å²) in [7, 11) is -5.47. The predicted octanol–water partition coefficient (Wildman–Crippen LogP) is 13.4. The van der Waals surface area contributed by atoms with Gasteiger partial charge < -0.3 is 55.1 Å². The molecule has 748 valence electrons. The number of hydrogen-bond acceptors (Lipinski definition) is 24. The summed E-state index contributed by atoms with van der Waals surface area (Å²) >= 11 is 0. The normalized spacial score (nSPS) is 21.4. The van der Waals surface area contributed by atoms with E-state index in [0.29, 0.717) is 96.8 Å². The number of pyridine rings is 1. The molecule has 5 N–H and O–H groups in total. The Kier molecular flexibility index (Phi) is 29.8. The van der Waals surface area contributed by atoms with Gasteiger partial charge in [-0.25, -0.2) is 68.6 Å². The van der Waals surface area contributed by atoms with Gasteiger partial charge >= 0.3 is 0 Å². The number of carbonyl (C=O) groups excluding carboxylic acids is 5. The average Bonchev–Trinajstić information content (AvgIpc) is 1.70. The van der Waals surface area contributed by atoms with Crippen LogP contribution in [0.5, 0.6) is 0 Å². The van der Waals surface area contributed by atoms with E-state index < -0.39 is 25.9 Å². The fourth-order valence-corrected chi connectivity index (χ4v) is 22.1. The number of benzene rings is 3. The van der Waals surface area contributed by atoms with Crippen LogP contribution in [0.3, 0.4) is 0 Å². The molecule has 0 spiro atoms. The van der Waals surface area contributed by atoms with E-state index in [1.54, 1.807) is 71.9 Å². The van der Waals surface area contributed by atoms with Gasteiger partial charge in [-0.1, -0.05) is 43.2 Å². The highest BCUT2D eigenvalue weighted by atomic mass is 32.2. The predicted molar refractivity (Wildman–Crippen MR) is 540 cm³/mol. The third kappa shape index (κ3) is 22.4. The van der Waals surface area contributed by atoms with Crippen molar-refractivity contribution in [3.05, 3.63) is 218 Å². The summed E-state index contributed by atoms with van der Waals surface area (Å²) in [4.78, 5) is 107. The summed E-state index contributed by atoms with van der Waals surface area (Å²) in [6, 6.07) is 25.3. The molecule has 141 heavy (non-hydrogen) atoms. The van der Waals surface area contributed by atoms with Crippen LogP contribution in [0, 0.1) is 71.9 Å². The van der Waals surface area contributed by atoms with Crippen LogP contribution in [-0.2, 0) is 24.8 Å². The Labute approximate surface area is 822 Å². The van der Waals surface area contributed by atoms with Crippen LogP contribution in [0.2, 0.25) is 0 Å². The first-order chi connectivity index (χ1) is 67.4. The molecule has 20 rings (SSSR count). The topological polar surface area (TPSA) is 373 Å². The monoisotopic (exact) mass is 1960 g/mol. The number of aromatic nitrogens is 13. The van der Waals surface area contributed by atoms with Crippen LogP contribution >= 0.6 is 0 Å². The van der Waals surface area contributed by atoms with Crippen LogP contribution in [0.15, 0.2) is 122 Å². The number of hydrogen-bond donors (Lipinski definition) is 5. The van der Waals surface area contributed by atoms with Gasteiger partial charge in [-0.2, -0.15) is 20.4 Å². The minimum Gasteiger partial charge on any atom is -0.358 e. The molecule has 39 heteroatoms. The Morgan fingerprint density at radius 1 is 0.426 bits per heavy atom. The first-order valence-electron chi connectivity index (χ1n) is 49.4. The quantitative estimate of drug-likeness (QED) is 0.0565. The molecule has 0 unspecified atom stereocenters. The van der Waals surface area contributed by atoms with Gasteiger partial charge in [0.25, 0.3) is 23.6 Å². The van der Waals surface area contributed by atoms with Crippen molar-refractivity contribution in [2.75, 3.05) is 134 Å². The highest BCUT2D eigenvalue weighted by Crippen LogP contribution is 2.41. The van der Waals surface area contributed by atoms with Gasteiger partial charge in [0.1, 0.15) is 46.6 Å². The van der Waals surface area contributed by atoms with Gasteiger partial charge in [0.05, 0.1) is 88.2 Å². The fourth-order valence-electron chi connectivity index (χ4n) is 21.0. The smallest absolute Gasteiger partial charge is 0.273 e. The van der Waals surface area contributed by atoms with Crippen molar-refractivity contribution in [3.8, 4) is 0 Å². The molecule has 17 heterocycles. The summed E-state index contributed by atoms with van der Waals surface area (Å²) in [5.74, 6) is 3.60. The molecular weight excluding hydrogens is 1840 g/mol. The zero-order chi connectivity index (χ0) is 99.7. The van der Waals surface area contributed by atoms with Crippen LogP contribution in [0.1, 0.15) is 245 Å². The number of fused-ring (bicyclic) bond motifs is 4. The number of likely N-dealkylation sites (tertiary alicyclic amines) is 4. The Morgan fingerprint density at radius 2 is 0.823 bits per heavy atom. The molecule has 9 aromatic heterocycles. The third-order valence-electron chi connectivity index (χ3n) is 28.3. The highest BCUT2D eigenvalue weighted by molar-refractivity contribution is 7.92. The maximum absolute atomic E-state index is 14.1. The number of likely N-dealkylation sites (N-methyl/N-ethyl adjacent to an activating group) is 1. The number of piperazine rings is 2. The second kappa shape index (κ2) is 42.1. The van der Waals surface area contributed by atoms with Crippen molar-refractivity contribution in [2.45, 2.75) is 208 Å². The summed E-state index contributed by atoms with van der Waals surface area (Å²) < 4.78 is 87.4. The molecule has 0 bridgehead atoms. The van der Waals surface area contributed by atoms with Crippen molar-refractivity contribution >= 4 is 107 Å². The first-order valence-corrected chi connectivity index (χ1v) is 53.2. The number of piperidine rings is 4. The molecule has 8 aliphatic heterocycles. The molecule has 8 fully saturated rings. The molecule has 35 nitrogen and oxygen atoms in total. The van der Waals surface area contributed by atoms with Gasteiger partial charge in [-0.05, 0) is 218 Å². The molecule has 12 aromatic rings. The van der Waals surface area contributed by atoms with E-state index in [4.69, 9.17) is 40.3 Å². The minimum absolute atomic E-state index is 0.0550. The van der Waals surface area contributed by atoms with Gasteiger partial charge in [-0.15, -0.1) is 0 Å². The Hall–Kier alpha value is -12.9. The van der Waals surface area contributed by atoms with Gasteiger partial charge in [-0.3, -0.25) is 33.4 Å². The molecule has 0 saturated carbocycles. The lowest BCUT2D eigenvalue weighted by atomic mass is 9.97. The second-order valence-electron chi connectivity index (χ2n) is 39.7. The molecule has 9 atom stereocenters. The molecule has 8 saturated heterocycles. The molecule has 5 amide bonds. The zero-order valence-electron chi connectivity index (χ0n) is 83.0. The number of carbonyl (C=O) groups is 5. The lowest BCUT2D eigenvalue weighted by Crippen LogP contribution is -2.57. The van der Waals surface area contributed by atoms with Crippen molar-refractivity contribution in [1.29, 1.82) is 0 Å². The van der Waals surface area contributed by atoms with Crippen molar-refractivity contribution in [3.63, 3.8) is 0 Å². The summed E-state index contributed by atoms with van der Waals surface area (Å²) in [5, 5.41) is 28.7. The van der Waals surface area contributed by atoms with E-state index in [2.05, 4.69) is 98.4 Å². The molecule has 0 aliphatic carbocycles. The number of halogens is 2. The Morgan fingerprint density at radius 3 is 1.21 bits per heavy atom. The maximum Gasteiger partial charge on any atom is 0.273 e. The Bertz CT molecular complexity index is 6930. The van der Waals surface area contributed by atoms with Crippen LogP contribution < -0.4 is 45.0 Å². The number of aryl methyl sites for hydroxylation is 6. The standard InChI is InChI=1S/C27H36N8O4S.C27H37N7O3S.C25H30FN5O.C23H27FN6O/c1-17-8-9-20(32-40(4,38)39)19(13-17)27(37)34-11-6-5-7-23(34)21-14-24-30-25(18(2)15-35(24)31-21)33-12-10-29-22(16-33)26(36)28-3;1-17-9-10-22(31-38(5,36)37)21(12-17)27(35)32-11-7-6-8-24(32)23-13-25-29-26(18(2)15-34(25)30-23)33-16-19(3)28-14-20(33)4;1-16-10-12-29(14-16)24-17(2)15-31-23(27-24)13-21(28-31)22-9-4-5-11-30(22)25(32)19-7-6-8-20(26)18(19)3;1-15-8-10-28(13-15)22-16(2)14-30-21(26-22)11-19(27-30)20-5-3-4-9-29(20)23(31)18-7-6-17(24)12-25-18/h8-9,13-15,22-23,29,32H,5-7,10-12,16H2,1-4H3,(H,28,36);9-10,12-13,15,19-20,24,28,31H,6-8,11,14,16H2,1-5H3;6-8,13,15-16,22H,4-5,9-12,14H2,1-3H3;6-7,11-12,14-15,20H,3-5,8-10,13H2,1-2H3/t22-,23+;19-,20+,24-;16-,22-;15-,20-/m1000/s1. The fraction of sp³-hybridized carbons (Fsp3) is 0.490. The first kappa shape index (κ1) is 99.7.